The molecule has 33 heavy (non-hydrogen) atoms. The standard InChI is InChI=1S/C27H20ClNO4/c1-3-29-15-18(20-6-4-5-7-22(20)29)14-24-25(30)21-12-13-23(16(2)26(21)32-24)33-27(31)17-8-10-19(28)11-9-17/h4-15H,3H2,1-2H3/b24-14+. The largest absolute Gasteiger partial charge is 0.452 e. The van der Waals surface area contributed by atoms with E-state index in [1.165, 1.54) is 0 Å². The summed E-state index contributed by atoms with van der Waals surface area (Å²) in [6, 6.07) is 17.8. The van der Waals surface area contributed by atoms with Gasteiger partial charge in [0.25, 0.3) is 0 Å². The Morgan fingerprint density at radius 3 is 2.61 bits per heavy atom. The van der Waals surface area contributed by atoms with E-state index >= 15 is 0 Å². The van der Waals surface area contributed by atoms with Crippen LogP contribution in [0.4, 0.5) is 0 Å². The van der Waals surface area contributed by atoms with Gasteiger partial charge in [-0.05, 0) is 62.4 Å². The first-order valence-corrected chi connectivity index (χ1v) is 11.0. The number of aryl methyl sites for hydroxylation is 1. The Kier molecular flexibility index (Phi) is 5.27. The molecule has 3 aromatic carbocycles. The van der Waals surface area contributed by atoms with Crippen LogP contribution in [0.5, 0.6) is 11.5 Å². The van der Waals surface area contributed by atoms with E-state index in [1.807, 2.05) is 24.4 Å². The molecule has 0 amide bonds. The van der Waals surface area contributed by atoms with Gasteiger partial charge in [0.15, 0.2) is 5.76 Å². The monoisotopic (exact) mass is 457 g/mol. The molecule has 0 N–H and O–H groups in total. The number of allylic oxidation sites excluding steroid dienone is 1. The summed E-state index contributed by atoms with van der Waals surface area (Å²) < 4.78 is 13.7. The van der Waals surface area contributed by atoms with Crippen LogP contribution in [0.1, 0.15) is 38.8 Å². The molecule has 0 bridgehead atoms. The smallest absolute Gasteiger partial charge is 0.343 e. The summed E-state index contributed by atoms with van der Waals surface area (Å²) in [5.74, 6) is 0.282. The van der Waals surface area contributed by atoms with Gasteiger partial charge in [0.1, 0.15) is 11.5 Å². The van der Waals surface area contributed by atoms with Gasteiger partial charge in [0, 0.05) is 39.8 Å². The number of carbonyl (C=O) groups is 2. The molecule has 0 fully saturated rings. The van der Waals surface area contributed by atoms with Crippen LogP contribution in [-0.2, 0) is 6.54 Å². The second-order valence-corrected chi connectivity index (χ2v) is 8.23. The van der Waals surface area contributed by atoms with Gasteiger partial charge in [-0.25, -0.2) is 4.79 Å². The zero-order chi connectivity index (χ0) is 23.1. The number of hydrogen-bond donors (Lipinski definition) is 0. The van der Waals surface area contributed by atoms with Crippen molar-refractivity contribution in [1.29, 1.82) is 0 Å². The zero-order valence-corrected chi connectivity index (χ0v) is 18.8. The number of rotatable bonds is 4. The lowest BCUT2D eigenvalue weighted by Crippen LogP contribution is -2.09. The molecule has 1 aliphatic heterocycles. The first-order chi connectivity index (χ1) is 16.0. The van der Waals surface area contributed by atoms with Crippen molar-refractivity contribution in [2.75, 3.05) is 0 Å². The SMILES string of the molecule is CCn1cc(/C=C2/Oc3c(ccc(OC(=O)c4ccc(Cl)cc4)c3C)C2=O)c2ccccc21. The predicted molar refractivity (Wildman–Crippen MR) is 128 cm³/mol. The number of esters is 1. The third-order valence-electron chi connectivity index (χ3n) is 5.77. The molecule has 164 valence electrons. The minimum absolute atomic E-state index is 0.197. The molecule has 2 heterocycles. The number of benzene rings is 3. The van der Waals surface area contributed by atoms with Gasteiger partial charge in [-0.1, -0.05) is 29.8 Å². The topological polar surface area (TPSA) is 57.5 Å². The van der Waals surface area contributed by atoms with Gasteiger partial charge in [-0.15, -0.1) is 0 Å². The fraction of sp³-hybridized carbons (Fsp3) is 0.111. The number of carbonyl (C=O) groups excluding carboxylic acids is 2. The number of halogens is 1. The molecule has 4 aromatic rings. The van der Waals surface area contributed by atoms with Crippen LogP contribution in [0, 0.1) is 6.92 Å². The van der Waals surface area contributed by atoms with E-state index in [2.05, 4.69) is 17.6 Å². The van der Waals surface area contributed by atoms with Crippen LogP contribution >= 0.6 is 11.6 Å². The summed E-state index contributed by atoms with van der Waals surface area (Å²) in [7, 11) is 0. The van der Waals surface area contributed by atoms with E-state index in [0.717, 1.165) is 23.0 Å². The van der Waals surface area contributed by atoms with Crippen LogP contribution in [0.25, 0.3) is 17.0 Å². The van der Waals surface area contributed by atoms with Gasteiger partial charge >= 0.3 is 5.97 Å². The van der Waals surface area contributed by atoms with Crippen molar-refractivity contribution in [3.05, 3.63) is 99.9 Å². The molecule has 0 radical (unpaired) electrons. The maximum Gasteiger partial charge on any atom is 0.343 e. The normalized spacial score (nSPS) is 13.9. The molecule has 0 saturated heterocycles. The van der Waals surface area contributed by atoms with Crippen LogP contribution in [-0.4, -0.2) is 16.3 Å². The number of ether oxygens (including phenoxy) is 2. The highest BCUT2D eigenvalue weighted by Crippen LogP contribution is 2.40. The maximum absolute atomic E-state index is 13.0. The van der Waals surface area contributed by atoms with E-state index in [1.54, 1.807) is 49.4 Å². The first kappa shape index (κ1) is 21.0. The molecule has 1 aliphatic rings. The Morgan fingerprint density at radius 1 is 1.09 bits per heavy atom. The molecule has 0 aliphatic carbocycles. The number of nitrogens with zero attached hydrogens (tertiary/aromatic N) is 1. The number of aromatic nitrogens is 1. The zero-order valence-electron chi connectivity index (χ0n) is 18.1. The summed E-state index contributed by atoms with van der Waals surface area (Å²) >= 11 is 5.89. The highest BCUT2D eigenvalue weighted by molar-refractivity contribution is 6.30. The third kappa shape index (κ3) is 3.70. The Bertz CT molecular complexity index is 1450. The third-order valence-corrected chi connectivity index (χ3v) is 6.02. The van der Waals surface area contributed by atoms with E-state index < -0.39 is 5.97 Å². The maximum atomic E-state index is 13.0. The summed E-state index contributed by atoms with van der Waals surface area (Å²) in [6.45, 7) is 4.66. The Morgan fingerprint density at radius 2 is 1.85 bits per heavy atom. The highest BCUT2D eigenvalue weighted by atomic mass is 35.5. The van der Waals surface area contributed by atoms with Crippen molar-refractivity contribution in [3.63, 3.8) is 0 Å². The quantitative estimate of drug-likeness (QED) is 0.200. The minimum atomic E-state index is -0.512. The van der Waals surface area contributed by atoms with E-state index in [4.69, 9.17) is 21.1 Å². The second-order valence-electron chi connectivity index (χ2n) is 7.79. The van der Waals surface area contributed by atoms with Crippen molar-refractivity contribution in [2.45, 2.75) is 20.4 Å². The Hall–Kier alpha value is -3.83. The van der Waals surface area contributed by atoms with Gasteiger partial charge < -0.3 is 14.0 Å². The summed E-state index contributed by atoms with van der Waals surface area (Å²) in [5, 5.41) is 1.59. The molecular formula is C27H20ClNO4. The van der Waals surface area contributed by atoms with Gasteiger partial charge in [-0.3, -0.25) is 4.79 Å². The van der Waals surface area contributed by atoms with Crippen molar-refractivity contribution >= 4 is 40.3 Å². The summed E-state index contributed by atoms with van der Waals surface area (Å²) in [5.41, 5.74) is 3.43. The fourth-order valence-corrected chi connectivity index (χ4v) is 4.14. The van der Waals surface area contributed by atoms with Crippen LogP contribution in [0.15, 0.2) is 72.6 Å². The lowest BCUT2D eigenvalue weighted by molar-refractivity contribution is 0.0733. The van der Waals surface area contributed by atoms with E-state index in [-0.39, 0.29) is 11.5 Å². The van der Waals surface area contributed by atoms with E-state index in [9.17, 15) is 9.59 Å². The number of hydrogen-bond acceptors (Lipinski definition) is 4. The fourth-order valence-electron chi connectivity index (χ4n) is 4.02. The van der Waals surface area contributed by atoms with Crippen LogP contribution < -0.4 is 9.47 Å². The van der Waals surface area contributed by atoms with Gasteiger partial charge in [0.2, 0.25) is 5.78 Å². The van der Waals surface area contributed by atoms with Crippen molar-refractivity contribution in [2.24, 2.45) is 0 Å². The second kappa shape index (κ2) is 8.26. The Labute approximate surface area is 195 Å². The number of ketones is 1. The van der Waals surface area contributed by atoms with Crippen molar-refractivity contribution in [3.8, 4) is 11.5 Å². The lowest BCUT2D eigenvalue weighted by atomic mass is 10.1. The molecule has 0 atom stereocenters. The van der Waals surface area contributed by atoms with Gasteiger partial charge in [0.05, 0.1) is 11.1 Å². The summed E-state index contributed by atoms with van der Waals surface area (Å²) in [4.78, 5) is 25.5. The summed E-state index contributed by atoms with van der Waals surface area (Å²) in [6.07, 6.45) is 3.79. The van der Waals surface area contributed by atoms with E-state index in [0.29, 0.717) is 33.2 Å². The Balaban J connectivity index is 1.46. The number of para-hydroxylation sites is 1. The van der Waals surface area contributed by atoms with Gasteiger partial charge in [-0.2, -0.15) is 0 Å². The molecule has 0 unspecified atom stereocenters. The average molecular weight is 458 g/mol. The minimum Gasteiger partial charge on any atom is -0.452 e. The molecule has 6 heteroatoms. The molecule has 0 saturated carbocycles. The van der Waals surface area contributed by atoms with Crippen molar-refractivity contribution in [1.82, 2.24) is 4.57 Å². The number of Topliss-reactive ketones (excluding diaryl/α,β-unsaturated/α-hetero) is 1. The molecule has 0 spiro atoms. The molecule has 5 rings (SSSR count). The van der Waals surface area contributed by atoms with Crippen LogP contribution in [0.2, 0.25) is 5.02 Å². The highest BCUT2D eigenvalue weighted by Gasteiger charge is 2.31. The average Bonchev–Trinajstić information content (AvgIpc) is 3.34. The lowest BCUT2D eigenvalue weighted by Gasteiger charge is -2.10. The predicted octanol–water partition coefficient (Wildman–Crippen LogP) is 6.46. The molecule has 1 aromatic heterocycles. The first-order valence-electron chi connectivity index (χ1n) is 10.6. The molecule has 5 nitrogen and oxygen atoms in total. The van der Waals surface area contributed by atoms with Crippen molar-refractivity contribution < 1.29 is 19.1 Å². The number of fused-ring (bicyclic) bond motifs is 2. The van der Waals surface area contributed by atoms with Crippen LogP contribution in [0.3, 0.4) is 0 Å². The molecular weight excluding hydrogens is 438 g/mol.